The van der Waals surface area contributed by atoms with E-state index >= 15 is 0 Å². The van der Waals surface area contributed by atoms with Gasteiger partial charge in [0, 0.05) is 10.6 Å². The van der Waals surface area contributed by atoms with Gasteiger partial charge < -0.3 is 25.3 Å². The average Bonchev–Trinajstić information content (AvgIpc) is 2.60. The lowest BCUT2D eigenvalue weighted by Gasteiger charge is -2.15. The summed E-state index contributed by atoms with van der Waals surface area (Å²) in [5.74, 6) is -6.38. The van der Waals surface area contributed by atoms with Crippen LogP contribution in [0.4, 0.5) is 0 Å². The standard InChI is InChI=1S/C16H11O10P/c17-13(18)9-3-1-7(5-11(9)15(21)22)27(25,26)8-2-4-10(14(19)20)12(6-8)16(23)24/h1-6H,(H,17,18)(H,19,20)(H,21,22)(H,23,24)(H,25,26). The van der Waals surface area contributed by atoms with Crippen LogP contribution in [0.25, 0.3) is 0 Å². The molecule has 0 aliphatic heterocycles. The fraction of sp³-hybridized carbons (Fsp3) is 0. The lowest BCUT2D eigenvalue weighted by molar-refractivity contribution is 0.0651. The summed E-state index contributed by atoms with van der Waals surface area (Å²) in [7, 11) is -4.54. The average molecular weight is 394 g/mol. The highest BCUT2D eigenvalue weighted by Gasteiger charge is 2.29. The molecular weight excluding hydrogens is 383 g/mol. The molecule has 140 valence electrons. The Bertz CT molecular complexity index is 960. The van der Waals surface area contributed by atoms with Crippen LogP contribution < -0.4 is 10.6 Å². The predicted octanol–water partition coefficient (Wildman–Crippen LogP) is 0.701. The van der Waals surface area contributed by atoms with Gasteiger partial charge in [-0.3, -0.25) is 4.57 Å². The molecule has 0 amide bonds. The second-order valence-corrected chi connectivity index (χ2v) is 7.44. The zero-order chi connectivity index (χ0) is 20.5. The first-order valence-corrected chi connectivity index (χ1v) is 8.68. The lowest BCUT2D eigenvalue weighted by atomic mass is 10.1. The Labute approximate surface area is 150 Å². The number of hydrogen-bond acceptors (Lipinski definition) is 5. The van der Waals surface area contributed by atoms with Crippen LogP contribution in [-0.2, 0) is 4.57 Å². The molecule has 0 atom stereocenters. The number of carboxylic acids is 4. The van der Waals surface area contributed by atoms with Crippen molar-refractivity contribution in [2.75, 3.05) is 0 Å². The highest BCUT2D eigenvalue weighted by Crippen LogP contribution is 2.39. The number of rotatable bonds is 6. The monoisotopic (exact) mass is 394 g/mol. The number of aromatic carboxylic acids is 4. The van der Waals surface area contributed by atoms with E-state index in [9.17, 15) is 28.6 Å². The van der Waals surface area contributed by atoms with E-state index < -0.39 is 64.1 Å². The van der Waals surface area contributed by atoms with Gasteiger partial charge in [-0.2, -0.15) is 0 Å². The highest BCUT2D eigenvalue weighted by molar-refractivity contribution is 7.73. The van der Waals surface area contributed by atoms with Crippen LogP contribution in [-0.4, -0.2) is 49.2 Å². The van der Waals surface area contributed by atoms with Gasteiger partial charge in [-0.25, -0.2) is 19.2 Å². The van der Waals surface area contributed by atoms with Gasteiger partial charge in [-0.15, -0.1) is 0 Å². The Morgan fingerprint density at radius 2 is 0.889 bits per heavy atom. The Kier molecular flexibility index (Phi) is 5.16. The summed E-state index contributed by atoms with van der Waals surface area (Å²) < 4.78 is 12.8. The van der Waals surface area contributed by atoms with Crippen LogP contribution in [0.5, 0.6) is 0 Å². The maximum atomic E-state index is 12.8. The van der Waals surface area contributed by atoms with Gasteiger partial charge in [-0.05, 0) is 36.4 Å². The molecule has 0 radical (unpaired) electrons. The van der Waals surface area contributed by atoms with Crippen molar-refractivity contribution in [3.8, 4) is 0 Å². The van der Waals surface area contributed by atoms with Gasteiger partial charge in [0.25, 0.3) is 7.37 Å². The second-order valence-electron chi connectivity index (χ2n) is 5.26. The highest BCUT2D eigenvalue weighted by atomic mass is 31.2. The van der Waals surface area contributed by atoms with Gasteiger partial charge in [0.1, 0.15) is 0 Å². The summed E-state index contributed by atoms with van der Waals surface area (Å²) in [4.78, 5) is 55.0. The van der Waals surface area contributed by atoms with Crippen molar-refractivity contribution in [3.05, 3.63) is 58.7 Å². The van der Waals surface area contributed by atoms with Crippen LogP contribution in [0.3, 0.4) is 0 Å². The SMILES string of the molecule is O=C(O)c1ccc(P(=O)(O)c2ccc(C(=O)O)c(C(=O)O)c2)cc1C(=O)O. The summed E-state index contributed by atoms with van der Waals surface area (Å²) in [6, 6.07) is 4.96. The molecule has 2 aromatic rings. The number of benzene rings is 2. The number of hydrogen-bond donors (Lipinski definition) is 5. The third-order valence-electron chi connectivity index (χ3n) is 3.63. The molecule has 5 N–H and O–H groups in total. The Morgan fingerprint density at radius 3 is 1.15 bits per heavy atom. The van der Waals surface area contributed by atoms with E-state index in [4.69, 9.17) is 20.4 Å². The first-order chi connectivity index (χ1) is 12.5. The van der Waals surface area contributed by atoms with Crippen molar-refractivity contribution < 1.29 is 49.1 Å². The molecule has 0 aromatic heterocycles. The van der Waals surface area contributed by atoms with E-state index in [2.05, 4.69) is 0 Å². The van der Waals surface area contributed by atoms with Crippen molar-refractivity contribution in [2.45, 2.75) is 0 Å². The van der Waals surface area contributed by atoms with Crippen LogP contribution in [0.15, 0.2) is 36.4 Å². The van der Waals surface area contributed by atoms with Crippen LogP contribution >= 0.6 is 7.37 Å². The van der Waals surface area contributed by atoms with Gasteiger partial charge in [0.05, 0.1) is 22.3 Å². The third-order valence-corrected chi connectivity index (χ3v) is 5.58. The first-order valence-electron chi connectivity index (χ1n) is 7.02. The molecule has 0 saturated carbocycles. The van der Waals surface area contributed by atoms with Crippen molar-refractivity contribution in [1.82, 2.24) is 0 Å². The minimum atomic E-state index is -4.54. The van der Waals surface area contributed by atoms with Gasteiger partial charge in [-0.1, -0.05) is 0 Å². The molecule has 0 spiro atoms. The summed E-state index contributed by atoms with van der Waals surface area (Å²) >= 11 is 0. The molecule has 2 rings (SSSR count). The Hall–Kier alpha value is -3.49. The second kappa shape index (κ2) is 7.02. The fourth-order valence-corrected chi connectivity index (χ4v) is 3.78. The van der Waals surface area contributed by atoms with Crippen molar-refractivity contribution in [3.63, 3.8) is 0 Å². The van der Waals surface area contributed by atoms with E-state index in [1.165, 1.54) is 0 Å². The van der Waals surface area contributed by atoms with Crippen molar-refractivity contribution in [2.24, 2.45) is 0 Å². The largest absolute Gasteiger partial charge is 0.478 e. The van der Waals surface area contributed by atoms with Crippen molar-refractivity contribution in [1.29, 1.82) is 0 Å². The topological polar surface area (TPSA) is 186 Å². The van der Waals surface area contributed by atoms with Gasteiger partial charge in [0.15, 0.2) is 0 Å². The molecule has 0 bridgehead atoms. The molecule has 27 heavy (non-hydrogen) atoms. The zero-order valence-corrected chi connectivity index (χ0v) is 14.1. The van der Waals surface area contributed by atoms with Crippen LogP contribution in [0, 0.1) is 0 Å². The maximum Gasteiger partial charge on any atom is 0.336 e. The molecule has 0 aliphatic carbocycles. The van der Waals surface area contributed by atoms with Gasteiger partial charge in [0.2, 0.25) is 0 Å². The number of carboxylic acid groups (broad SMARTS) is 4. The quantitative estimate of drug-likeness (QED) is 0.436. The van der Waals surface area contributed by atoms with Crippen molar-refractivity contribution >= 4 is 41.9 Å². The molecular formula is C16H11O10P. The maximum absolute atomic E-state index is 12.8. The third kappa shape index (κ3) is 3.71. The van der Waals surface area contributed by atoms with E-state index in [0.717, 1.165) is 24.3 Å². The molecule has 11 heteroatoms. The summed E-state index contributed by atoms with van der Waals surface area (Å²) in [6.07, 6.45) is 0. The molecule has 0 aliphatic rings. The smallest absolute Gasteiger partial charge is 0.336 e. The van der Waals surface area contributed by atoms with E-state index in [-0.39, 0.29) is 0 Å². The molecule has 10 nitrogen and oxygen atoms in total. The minimum Gasteiger partial charge on any atom is -0.478 e. The molecule has 0 unspecified atom stereocenters. The minimum absolute atomic E-state index is 0.454. The van der Waals surface area contributed by atoms with E-state index in [1.54, 1.807) is 0 Å². The summed E-state index contributed by atoms with van der Waals surface area (Å²) in [6.45, 7) is 0. The lowest BCUT2D eigenvalue weighted by Crippen LogP contribution is -2.21. The zero-order valence-electron chi connectivity index (χ0n) is 13.2. The van der Waals surface area contributed by atoms with Crippen LogP contribution in [0.1, 0.15) is 41.4 Å². The normalized spacial score (nSPS) is 11.0. The van der Waals surface area contributed by atoms with E-state index in [0.29, 0.717) is 12.1 Å². The summed E-state index contributed by atoms with van der Waals surface area (Å²) in [5.41, 5.74) is -2.65. The Morgan fingerprint density at radius 1 is 0.593 bits per heavy atom. The molecule has 0 heterocycles. The fourth-order valence-electron chi connectivity index (χ4n) is 2.32. The molecule has 0 fully saturated rings. The first kappa shape index (κ1) is 19.8. The predicted molar refractivity (Wildman–Crippen MR) is 89.8 cm³/mol. The molecule has 2 aromatic carbocycles. The van der Waals surface area contributed by atoms with Crippen LogP contribution in [0.2, 0.25) is 0 Å². The summed E-state index contributed by atoms with van der Waals surface area (Å²) in [5, 5.41) is 35.3. The molecule has 0 saturated heterocycles. The van der Waals surface area contributed by atoms with E-state index in [1.807, 2.05) is 0 Å². The van der Waals surface area contributed by atoms with Gasteiger partial charge >= 0.3 is 23.9 Å². The Balaban J connectivity index is 2.67. The number of carbonyl (C=O) groups is 4.